The molecule has 2 rings (SSSR count). The first-order chi connectivity index (χ1) is 8.31. The van der Waals surface area contributed by atoms with E-state index >= 15 is 0 Å². The topological polar surface area (TPSA) is 33.1 Å². The average molecular weight is 248 g/mol. The predicted octanol–water partition coefficient (Wildman–Crippen LogP) is 3.25. The first-order valence-electron chi connectivity index (χ1n) is 5.58. The molecule has 88 valence electrons. The Kier molecular flexibility index (Phi) is 4.13. The minimum absolute atomic E-state index is 0.124. The summed E-state index contributed by atoms with van der Waals surface area (Å²) in [4.78, 5) is 4.35. The highest BCUT2D eigenvalue weighted by Gasteiger charge is 2.14. The van der Waals surface area contributed by atoms with Crippen LogP contribution in [0.3, 0.4) is 0 Å². The maximum Gasteiger partial charge on any atom is 0.0479 e. The molecule has 2 nitrogen and oxygen atoms in total. The molecule has 1 atom stereocenters. The van der Waals surface area contributed by atoms with E-state index in [0.717, 1.165) is 16.3 Å². The van der Waals surface area contributed by atoms with Gasteiger partial charge in [-0.2, -0.15) is 0 Å². The van der Waals surface area contributed by atoms with Crippen LogP contribution in [0.4, 0.5) is 0 Å². The highest BCUT2D eigenvalue weighted by atomic mass is 35.5. The molecule has 1 aromatic heterocycles. The van der Waals surface area contributed by atoms with Gasteiger partial charge in [-0.1, -0.05) is 29.8 Å². The van der Waals surface area contributed by atoms with Gasteiger partial charge in [0.05, 0.1) is 0 Å². The van der Waals surface area contributed by atoms with Gasteiger partial charge in [-0.15, -0.1) is 0 Å². The minimum atomic E-state index is 0.124. The van der Waals surface area contributed by atoms with Gasteiger partial charge in [0, 0.05) is 29.4 Å². The number of nitrogens with zero attached hydrogens (tertiary/aromatic N) is 1. The predicted molar refractivity (Wildman–Crippen MR) is 69.2 cm³/mol. The van der Waals surface area contributed by atoms with Crippen LogP contribution in [-0.2, 0) is 0 Å². The standard InChI is InChI=1S/C14H14ClNO/c15-12-6-4-11(5-7-12)13(8-10-17)14-3-1-2-9-16-14/h1-7,9,13,17H,8,10H2. The number of aliphatic hydroxyl groups is 1. The fraction of sp³-hybridized carbons (Fsp3) is 0.214. The number of aliphatic hydroxyl groups excluding tert-OH is 1. The van der Waals surface area contributed by atoms with E-state index in [2.05, 4.69) is 4.98 Å². The number of benzene rings is 1. The Bertz CT molecular complexity index is 455. The van der Waals surface area contributed by atoms with Crippen molar-refractivity contribution in [2.45, 2.75) is 12.3 Å². The molecule has 0 aliphatic carbocycles. The molecule has 0 amide bonds. The Morgan fingerprint density at radius 1 is 1.12 bits per heavy atom. The van der Waals surface area contributed by atoms with Gasteiger partial charge >= 0.3 is 0 Å². The molecule has 1 N–H and O–H groups in total. The van der Waals surface area contributed by atoms with Gasteiger partial charge in [-0.05, 0) is 36.2 Å². The third-order valence-corrected chi connectivity index (χ3v) is 2.99. The third-order valence-electron chi connectivity index (χ3n) is 2.73. The summed E-state index contributed by atoms with van der Waals surface area (Å²) >= 11 is 5.87. The minimum Gasteiger partial charge on any atom is -0.396 e. The molecule has 1 heterocycles. The van der Waals surface area contributed by atoms with Gasteiger partial charge in [-0.3, -0.25) is 4.98 Å². The van der Waals surface area contributed by atoms with Crippen LogP contribution in [0.1, 0.15) is 23.6 Å². The third kappa shape index (κ3) is 3.05. The Labute approximate surface area is 106 Å². The van der Waals surface area contributed by atoms with Crippen LogP contribution >= 0.6 is 11.6 Å². The number of hydrogen-bond donors (Lipinski definition) is 1. The fourth-order valence-electron chi connectivity index (χ4n) is 1.89. The van der Waals surface area contributed by atoms with Crippen molar-refractivity contribution in [2.75, 3.05) is 6.61 Å². The molecule has 0 fully saturated rings. The van der Waals surface area contributed by atoms with Crippen molar-refractivity contribution in [3.8, 4) is 0 Å². The second-order valence-electron chi connectivity index (χ2n) is 3.87. The molecule has 0 radical (unpaired) electrons. The van der Waals surface area contributed by atoms with E-state index in [0.29, 0.717) is 6.42 Å². The summed E-state index contributed by atoms with van der Waals surface area (Å²) in [5, 5.41) is 9.88. The fourth-order valence-corrected chi connectivity index (χ4v) is 2.02. The lowest BCUT2D eigenvalue weighted by atomic mass is 9.92. The quantitative estimate of drug-likeness (QED) is 0.900. The van der Waals surface area contributed by atoms with E-state index in [4.69, 9.17) is 16.7 Å². The lowest BCUT2D eigenvalue weighted by molar-refractivity contribution is 0.281. The molecule has 0 saturated heterocycles. The zero-order valence-electron chi connectivity index (χ0n) is 9.38. The first-order valence-corrected chi connectivity index (χ1v) is 5.96. The van der Waals surface area contributed by atoms with Crippen molar-refractivity contribution in [1.29, 1.82) is 0 Å². The Morgan fingerprint density at radius 2 is 1.88 bits per heavy atom. The number of halogens is 1. The van der Waals surface area contributed by atoms with E-state index in [1.807, 2.05) is 42.5 Å². The Balaban J connectivity index is 2.32. The van der Waals surface area contributed by atoms with E-state index in [1.54, 1.807) is 6.20 Å². The Morgan fingerprint density at radius 3 is 2.47 bits per heavy atom. The van der Waals surface area contributed by atoms with Crippen LogP contribution in [0.25, 0.3) is 0 Å². The van der Waals surface area contributed by atoms with Crippen molar-refractivity contribution < 1.29 is 5.11 Å². The molecule has 1 unspecified atom stereocenters. The smallest absolute Gasteiger partial charge is 0.0479 e. The van der Waals surface area contributed by atoms with Crippen LogP contribution in [0.5, 0.6) is 0 Å². The van der Waals surface area contributed by atoms with Crippen molar-refractivity contribution in [3.05, 3.63) is 64.9 Å². The summed E-state index contributed by atoms with van der Waals surface area (Å²) in [6, 6.07) is 13.5. The van der Waals surface area contributed by atoms with Gasteiger partial charge in [0.25, 0.3) is 0 Å². The summed E-state index contributed by atoms with van der Waals surface area (Å²) in [7, 11) is 0. The highest BCUT2D eigenvalue weighted by Crippen LogP contribution is 2.27. The molecule has 1 aromatic carbocycles. The van der Waals surface area contributed by atoms with Gasteiger partial charge in [-0.25, -0.2) is 0 Å². The molecule has 0 saturated carbocycles. The van der Waals surface area contributed by atoms with E-state index < -0.39 is 0 Å². The number of aromatic nitrogens is 1. The first kappa shape index (κ1) is 12.1. The SMILES string of the molecule is OCCC(c1ccc(Cl)cc1)c1ccccn1. The highest BCUT2D eigenvalue weighted by molar-refractivity contribution is 6.30. The summed E-state index contributed by atoms with van der Waals surface area (Å²) in [6.45, 7) is 0.143. The van der Waals surface area contributed by atoms with E-state index in [-0.39, 0.29) is 12.5 Å². The van der Waals surface area contributed by atoms with Crippen molar-refractivity contribution in [2.24, 2.45) is 0 Å². The largest absolute Gasteiger partial charge is 0.396 e. The average Bonchev–Trinajstić information content (AvgIpc) is 2.38. The van der Waals surface area contributed by atoms with Gasteiger partial charge in [0.2, 0.25) is 0 Å². The second kappa shape index (κ2) is 5.80. The van der Waals surface area contributed by atoms with Crippen LogP contribution in [-0.4, -0.2) is 16.7 Å². The second-order valence-corrected chi connectivity index (χ2v) is 4.31. The number of hydrogen-bond acceptors (Lipinski definition) is 2. The molecule has 3 heteroatoms. The van der Waals surface area contributed by atoms with Crippen LogP contribution in [0.2, 0.25) is 5.02 Å². The number of rotatable bonds is 4. The maximum absolute atomic E-state index is 9.16. The van der Waals surface area contributed by atoms with Gasteiger partial charge < -0.3 is 5.11 Å². The summed E-state index contributed by atoms with van der Waals surface area (Å²) in [5.41, 5.74) is 2.10. The Hall–Kier alpha value is -1.38. The monoisotopic (exact) mass is 247 g/mol. The summed E-state index contributed by atoms with van der Waals surface area (Å²) in [5.74, 6) is 0.124. The molecular formula is C14H14ClNO. The van der Waals surface area contributed by atoms with Crippen LogP contribution in [0.15, 0.2) is 48.7 Å². The molecule has 0 aliphatic heterocycles. The van der Waals surface area contributed by atoms with Crippen LogP contribution < -0.4 is 0 Å². The molecule has 0 aliphatic rings. The zero-order chi connectivity index (χ0) is 12.1. The van der Waals surface area contributed by atoms with Gasteiger partial charge in [0.1, 0.15) is 0 Å². The molecule has 2 aromatic rings. The van der Waals surface area contributed by atoms with Crippen LogP contribution in [0, 0.1) is 0 Å². The van der Waals surface area contributed by atoms with Crippen molar-refractivity contribution in [1.82, 2.24) is 4.98 Å². The zero-order valence-corrected chi connectivity index (χ0v) is 10.1. The van der Waals surface area contributed by atoms with Crippen molar-refractivity contribution >= 4 is 11.6 Å². The molecule has 0 bridgehead atoms. The lowest BCUT2D eigenvalue weighted by Crippen LogP contribution is -2.05. The van der Waals surface area contributed by atoms with E-state index in [1.165, 1.54) is 0 Å². The summed E-state index contributed by atoms with van der Waals surface area (Å²) in [6.07, 6.45) is 2.44. The summed E-state index contributed by atoms with van der Waals surface area (Å²) < 4.78 is 0. The lowest BCUT2D eigenvalue weighted by Gasteiger charge is -2.15. The normalized spacial score (nSPS) is 12.4. The number of pyridine rings is 1. The molecular weight excluding hydrogens is 234 g/mol. The molecule has 17 heavy (non-hydrogen) atoms. The van der Waals surface area contributed by atoms with Crippen molar-refractivity contribution in [3.63, 3.8) is 0 Å². The maximum atomic E-state index is 9.16. The van der Waals surface area contributed by atoms with Gasteiger partial charge in [0.15, 0.2) is 0 Å². The van der Waals surface area contributed by atoms with E-state index in [9.17, 15) is 0 Å². The molecule has 0 spiro atoms.